The van der Waals surface area contributed by atoms with Gasteiger partial charge in [0.1, 0.15) is 5.82 Å². The van der Waals surface area contributed by atoms with Gasteiger partial charge < -0.3 is 10.3 Å². The van der Waals surface area contributed by atoms with Gasteiger partial charge in [-0.1, -0.05) is 0 Å². The zero-order valence-electron chi connectivity index (χ0n) is 5.96. The molecule has 1 aromatic rings. The topological polar surface area (TPSA) is 43.8 Å². The van der Waals surface area contributed by atoms with Gasteiger partial charge in [0.15, 0.2) is 0 Å². The van der Waals surface area contributed by atoms with Crippen molar-refractivity contribution in [3.8, 4) is 0 Å². The van der Waals surface area contributed by atoms with Crippen LogP contribution in [0.3, 0.4) is 0 Å². The van der Waals surface area contributed by atoms with Gasteiger partial charge in [-0.2, -0.15) is 0 Å². The van der Waals surface area contributed by atoms with E-state index in [4.69, 9.17) is 18.0 Å². The lowest BCUT2D eigenvalue weighted by molar-refractivity contribution is 0.808. The molecule has 0 amide bonds. The highest BCUT2D eigenvalue weighted by Gasteiger charge is 1.93. The Kier molecular flexibility index (Phi) is 1.72. The second kappa shape index (κ2) is 2.38. The summed E-state index contributed by atoms with van der Waals surface area (Å²) in [6.07, 6.45) is 0. The Hall–Kier alpha value is -0.900. The number of anilines is 1. The van der Waals surface area contributed by atoms with Gasteiger partial charge in [0.05, 0.1) is 0 Å². The number of aromatic nitrogens is 2. The molecule has 1 heterocycles. The van der Waals surface area contributed by atoms with E-state index in [1.807, 2.05) is 18.5 Å². The third kappa shape index (κ3) is 1.16. The van der Waals surface area contributed by atoms with E-state index < -0.39 is 0 Å². The molecule has 0 spiro atoms. The van der Waals surface area contributed by atoms with Crippen LogP contribution in [0.15, 0.2) is 6.07 Å². The molecule has 0 bridgehead atoms. The zero-order chi connectivity index (χ0) is 7.72. The largest absolute Gasteiger partial charge is 0.384 e. The summed E-state index contributed by atoms with van der Waals surface area (Å²) in [7, 11) is 1.87. The summed E-state index contributed by atoms with van der Waals surface area (Å²) in [5, 5.41) is 0. The summed E-state index contributed by atoms with van der Waals surface area (Å²) in [4.78, 5) is 3.89. The van der Waals surface area contributed by atoms with Gasteiger partial charge >= 0.3 is 0 Å². The average molecular weight is 155 g/mol. The molecule has 0 saturated carbocycles. The predicted octanol–water partition coefficient (Wildman–Crippen LogP) is 1.04. The monoisotopic (exact) mass is 155 g/mol. The number of nitrogen functional groups attached to an aromatic ring is 1. The van der Waals surface area contributed by atoms with E-state index >= 15 is 0 Å². The van der Waals surface area contributed by atoms with Gasteiger partial charge in [-0.25, -0.2) is 4.98 Å². The lowest BCUT2D eigenvalue weighted by Gasteiger charge is -2.02. The van der Waals surface area contributed by atoms with Crippen LogP contribution in [-0.2, 0) is 7.05 Å². The first kappa shape index (κ1) is 7.21. The number of nitrogens with two attached hydrogens (primary N) is 1. The Morgan fingerprint density at radius 2 is 2.30 bits per heavy atom. The number of hydrogen-bond acceptors (Lipinski definition) is 3. The molecule has 1 rings (SSSR count). The molecule has 54 valence electrons. The molecular formula is C6H9N3S. The van der Waals surface area contributed by atoms with Crippen LogP contribution in [0, 0.1) is 11.7 Å². The summed E-state index contributed by atoms with van der Waals surface area (Å²) in [6.45, 7) is 1.94. The SMILES string of the molecule is Cc1cc(N)nc(=S)n1C. The minimum Gasteiger partial charge on any atom is -0.384 e. The third-order valence-electron chi connectivity index (χ3n) is 1.40. The van der Waals surface area contributed by atoms with Crippen LogP contribution in [0.2, 0.25) is 0 Å². The van der Waals surface area contributed by atoms with Crippen molar-refractivity contribution in [1.82, 2.24) is 9.55 Å². The van der Waals surface area contributed by atoms with E-state index in [0.29, 0.717) is 10.6 Å². The molecule has 4 heteroatoms. The molecule has 0 fully saturated rings. The second-order valence-corrected chi connectivity index (χ2v) is 2.53. The molecule has 0 aliphatic rings. The Morgan fingerprint density at radius 3 is 2.80 bits per heavy atom. The van der Waals surface area contributed by atoms with Crippen molar-refractivity contribution in [2.75, 3.05) is 5.73 Å². The second-order valence-electron chi connectivity index (χ2n) is 2.16. The standard InChI is InChI=1S/C6H9N3S/c1-4-3-5(7)8-6(10)9(4)2/h3H,1-2H3,(H2,7,8,10). The van der Waals surface area contributed by atoms with Gasteiger partial charge in [-0.15, -0.1) is 0 Å². The van der Waals surface area contributed by atoms with E-state index in [9.17, 15) is 0 Å². The van der Waals surface area contributed by atoms with Gasteiger partial charge in [0, 0.05) is 12.7 Å². The van der Waals surface area contributed by atoms with Crippen molar-refractivity contribution >= 4 is 18.0 Å². The van der Waals surface area contributed by atoms with Gasteiger partial charge in [0.25, 0.3) is 0 Å². The molecule has 0 unspecified atom stereocenters. The highest BCUT2D eigenvalue weighted by atomic mass is 32.1. The molecular weight excluding hydrogens is 146 g/mol. The van der Waals surface area contributed by atoms with E-state index in [0.717, 1.165) is 5.69 Å². The molecule has 0 saturated heterocycles. The van der Waals surface area contributed by atoms with E-state index in [2.05, 4.69) is 4.98 Å². The summed E-state index contributed by atoms with van der Waals surface area (Å²) in [5.41, 5.74) is 6.46. The van der Waals surface area contributed by atoms with Crippen LogP contribution in [0.5, 0.6) is 0 Å². The molecule has 0 aliphatic carbocycles. The summed E-state index contributed by atoms with van der Waals surface area (Å²) < 4.78 is 2.34. The molecule has 0 radical (unpaired) electrons. The lowest BCUT2D eigenvalue weighted by atomic mass is 10.4. The summed E-state index contributed by atoms with van der Waals surface area (Å²) in [5.74, 6) is 0.487. The van der Waals surface area contributed by atoms with E-state index in [-0.39, 0.29) is 0 Å². The molecule has 0 aliphatic heterocycles. The fourth-order valence-corrected chi connectivity index (χ4v) is 0.929. The van der Waals surface area contributed by atoms with Crippen LogP contribution in [0.4, 0.5) is 5.82 Å². The van der Waals surface area contributed by atoms with E-state index in [1.54, 1.807) is 6.07 Å². The Balaban J connectivity index is 3.46. The minimum atomic E-state index is 0.487. The Labute approximate surface area is 64.5 Å². The van der Waals surface area contributed by atoms with Crippen LogP contribution >= 0.6 is 12.2 Å². The third-order valence-corrected chi connectivity index (χ3v) is 1.76. The molecule has 1 aromatic heterocycles. The number of aryl methyl sites for hydroxylation is 1. The highest BCUT2D eigenvalue weighted by Crippen LogP contribution is 2.01. The normalized spacial score (nSPS) is 9.80. The number of nitrogens with zero attached hydrogens (tertiary/aromatic N) is 2. The number of hydrogen-bond donors (Lipinski definition) is 1. The van der Waals surface area contributed by atoms with Crippen LogP contribution in [-0.4, -0.2) is 9.55 Å². The van der Waals surface area contributed by atoms with Crippen molar-refractivity contribution in [1.29, 1.82) is 0 Å². The highest BCUT2D eigenvalue weighted by molar-refractivity contribution is 7.71. The molecule has 3 nitrogen and oxygen atoms in total. The van der Waals surface area contributed by atoms with Crippen LogP contribution < -0.4 is 5.73 Å². The first-order valence-corrected chi connectivity index (χ1v) is 3.32. The van der Waals surface area contributed by atoms with Crippen molar-refractivity contribution in [3.05, 3.63) is 16.5 Å². The van der Waals surface area contributed by atoms with Crippen molar-refractivity contribution < 1.29 is 0 Å². The maximum Gasteiger partial charge on any atom is 0.201 e. The molecule has 2 N–H and O–H groups in total. The van der Waals surface area contributed by atoms with Crippen LogP contribution in [0.1, 0.15) is 5.69 Å². The van der Waals surface area contributed by atoms with Gasteiger partial charge in [-0.05, 0) is 25.2 Å². The van der Waals surface area contributed by atoms with Gasteiger partial charge in [0.2, 0.25) is 4.77 Å². The zero-order valence-corrected chi connectivity index (χ0v) is 6.77. The Morgan fingerprint density at radius 1 is 1.70 bits per heavy atom. The van der Waals surface area contributed by atoms with Crippen LogP contribution in [0.25, 0.3) is 0 Å². The quantitative estimate of drug-likeness (QED) is 0.569. The molecule has 10 heavy (non-hydrogen) atoms. The fraction of sp³-hybridized carbons (Fsp3) is 0.333. The maximum atomic E-state index is 5.44. The average Bonchev–Trinajstić information content (AvgIpc) is 1.82. The smallest absolute Gasteiger partial charge is 0.201 e. The maximum absolute atomic E-state index is 5.44. The fourth-order valence-electron chi connectivity index (χ4n) is 0.679. The number of rotatable bonds is 0. The van der Waals surface area contributed by atoms with E-state index in [1.165, 1.54) is 0 Å². The van der Waals surface area contributed by atoms with Crippen molar-refractivity contribution in [3.63, 3.8) is 0 Å². The first-order valence-electron chi connectivity index (χ1n) is 2.91. The molecule has 0 atom stereocenters. The summed E-state index contributed by atoms with van der Waals surface area (Å²) >= 11 is 4.90. The summed E-state index contributed by atoms with van der Waals surface area (Å²) in [6, 6.07) is 1.79. The minimum absolute atomic E-state index is 0.487. The molecule has 0 aromatic carbocycles. The Bertz CT molecular complexity index is 302. The van der Waals surface area contributed by atoms with Crippen molar-refractivity contribution in [2.45, 2.75) is 6.92 Å². The first-order chi connectivity index (χ1) is 4.61. The lowest BCUT2D eigenvalue weighted by Crippen LogP contribution is -2.02. The van der Waals surface area contributed by atoms with Crippen molar-refractivity contribution in [2.24, 2.45) is 7.05 Å². The predicted molar refractivity (Wildman–Crippen MR) is 43.2 cm³/mol. The van der Waals surface area contributed by atoms with Gasteiger partial charge in [-0.3, -0.25) is 0 Å².